The van der Waals surface area contributed by atoms with Gasteiger partial charge in [0, 0.05) is 38.7 Å². The lowest BCUT2D eigenvalue weighted by Gasteiger charge is -2.30. The van der Waals surface area contributed by atoms with Crippen molar-refractivity contribution in [3.8, 4) is 0 Å². The quantitative estimate of drug-likeness (QED) is 0.652. The molecule has 0 heterocycles. The van der Waals surface area contributed by atoms with Gasteiger partial charge in [0.05, 0.1) is 6.61 Å². The highest BCUT2D eigenvalue weighted by molar-refractivity contribution is 5.76. The van der Waals surface area contributed by atoms with Crippen LogP contribution in [0.2, 0.25) is 0 Å². The number of methoxy groups -OCH3 is 1. The van der Waals surface area contributed by atoms with Crippen molar-refractivity contribution in [1.29, 1.82) is 0 Å². The molecule has 0 saturated carbocycles. The summed E-state index contributed by atoms with van der Waals surface area (Å²) in [6.07, 6.45) is 2.57. The third-order valence-corrected chi connectivity index (χ3v) is 3.13. The van der Waals surface area contributed by atoms with Crippen LogP contribution in [0.3, 0.4) is 0 Å². The van der Waals surface area contributed by atoms with E-state index in [9.17, 15) is 4.79 Å². The highest BCUT2D eigenvalue weighted by Gasteiger charge is 2.20. The van der Waals surface area contributed by atoms with Crippen LogP contribution in [0.1, 0.15) is 47.0 Å². The zero-order chi connectivity index (χ0) is 14.0. The van der Waals surface area contributed by atoms with Gasteiger partial charge in [-0.25, -0.2) is 0 Å². The number of hydrogen-bond donors (Lipinski definition) is 1. The number of rotatable bonds is 10. The summed E-state index contributed by atoms with van der Waals surface area (Å²) < 4.78 is 5.09. The van der Waals surface area contributed by atoms with Gasteiger partial charge in [0.25, 0.3) is 0 Å². The monoisotopic (exact) mass is 258 g/mol. The van der Waals surface area contributed by atoms with Gasteiger partial charge in [-0.3, -0.25) is 4.79 Å². The summed E-state index contributed by atoms with van der Waals surface area (Å²) in [5, 5.41) is 3.28. The summed E-state index contributed by atoms with van der Waals surface area (Å²) in [7, 11) is 1.68. The molecule has 1 amide bonds. The number of carbonyl (C=O) groups excluding carboxylic acids is 1. The average molecular weight is 258 g/mol. The number of hydrogen-bond acceptors (Lipinski definition) is 3. The predicted molar refractivity (Wildman–Crippen MR) is 75.7 cm³/mol. The van der Waals surface area contributed by atoms with E-state index < -0.39 is 0 Å². The van der Waals surface area contributed by atoms with Crippen molar-refractivity contribution < 1.29 is 9.53 Å². The van der Waals surface area contributed by atoms with Gasteiger partial charge in [-0.15, -0.1) is 0 Å². The third kappa shape index (κ3) is 6.97. The van der Waals surface area contributed by atoms with E-state index in [1.807, 2.05) is 4.90 Å². The minimum absolute atomic E-state index is 0.230. The zero-order valence-electron chi connectivity index (χ0n) is 12.7. The molecule has 0 bridgehead atoms. The second-order valence-corrected chi connectivity index (χ2v) is 4.91. The van der Waals surface area contributed by atoms with E-state index in [2.05, 4.69) is 33.0 Å². The Morgan fingerprint density at radius 1 is 1.28 bits per heavy atom. The van der Waals surface area contributed by atoms with Gasteiger partial charge in [-0.2, -0.15) is 0 Å². The highest BCUT2D eigenvalue weighted by Crippen LogP contribution is 2.10. The number of carbonyl (C=O) groups is 1. The van der Waals surface area contributed by atoms with Crippen molar-refractivity contribution >= 4 is 5.91 Å². The molecule has 108 valence electrons. The largest absolute Gasteiger partial charge is 0.383 e. The molecule has 0 aromatic carbocycles. The summed E-state index contributed by atoms with van der Waals surface area (Å²) in [6, 6.07) is 0.769. The Bertz CT molecular complexity index is 216. The van der Waals surface area contributed by atoms with Gasteiger partial charge >= 0.3 is 0 Å². The van der Waals surface area contributed by atoms with Crippen molar-refractivity contribution in [2.24, 2.45) is 0 Å². The van der Waals surface area contributed by atoms with E-state index in [1.165, 1.54) is 0 Å². The maximum absolute atomic E-state index is 12.2. The molecule has 0 aliphatic carbocycles. The van der Waals surface area contributed by atoms with Crippen molar-refractivity contribution in [2.45, 2.75) is 59.0 Å². The number of ether oxygens (including phenoxy) is 1. The fraction of sp³-hybridized carbons (Fsp3) is 0.929. The van der Waals surface area contributed by atoms with Crippen molar-refractivity contribution in [3.05, 3.63) is 0 Å². The van der Waals surface area contributed by atoms with Crippen LogP contribution in [0.5, 0.6) is 0 Å². The van der Waals surface area contributed by atoms with Crippen LogP contribution in [-0.2, 0) is 9.53 Å². The van der Waals surface area contributed by atoms with E-state index >= 15 is 0 Å². The number of nitrogens with one attached hydrogen (secondary N) is 1. The van der Waals surface area contributed by atoms with E-state index in [-0.39, 0.29) is 5.91 Å². The van der Waals surface area contributed by atoms with Gasteiger partial charge in [-0.05, 0) is 12.8 Å². The molecule has 0 aromatic heterocycles. The molecule has 4 nitrogen and oxygen atoms in total. The van der Waals surface area contributed by atoms with E-state index in [4.69, 9.17) is 4.74 Å². The summed E-state index contributed by atoms with van der Waals surface area (Å²) in [5.41, 5.74) is 0. The fourth-order valence-electron chi connectivity index (χ4n) is 2.04. The maximum Gasteiger partial charge on any atom is 0.224 e. The molecule has 0 radical (unpaired) electrons. The third-order valence-electron chi connectivity index (χ3n) is 3.13. The van der Waals surface area contributed by atoms with Crippen LogP contribution in [-0.4, -0.2) is 49.7 Å². The Morgan fingerprint density at radius 2 is 1.89 bits per heavy atom. The van der Waals surface area contributed by atoms with E-state index in [1.54, 1.807) is 7.11 Å². The van der Waals surface area contributed by atoms with Crippen LogP contribution in [0.15, 0.2) is 0 Å². The summed E-state index contributed by atoms with van der Waals surface area (Å²) in [5.74, 6) is 0.230. The lowest BCUT2D eigenvalue weighted by atomic mass is 10.1. The van der Waals surface area contributed by atoms with Gasteiger partial charge in [0.2, 0.25) is 5.91 Å². The van der Waals surface area contributed by atoms with Gasteiger partial charge in [-0.1, -0.05) is 27.7 Å². The fourth-order valence-corrected chi connectivity index (χ4v) is 2.04. The molecular weight excluding hydrogens is 228 g/mol. The Labute approximate surface area is 112 Å². The molecule has 4 heteroatoms. The first-order valence-corrected chi connectivity index (χ1v) is 7.08. The van der Waals surface area contributed by atoms with Crippen LogP contribution in [0.25, 0.3) is 0 Å². The highest BCUT2D eigenvalue weighted by atomic mass is 16.5. The molecular formula is C14H30N2O2. The molecule has 0 fully saturated rings. The van der Waals surface area contributed by atoms with Crippen LogP contribution in [0, 0.1) is 0 Å². The molecule has 0 spiro atoms. The topological polar surface area (TPSA) is 41.6 Å². The summed E-state index contributed by atoms with van der Waals surface area (Å²) >= 11 is 0. The lowest BCUT2D eigenvalue weighted by Crippen LogP contribution is -2.43. The van der Waals surface area contributed by atoms with Crippen molar-refractivity contribution in [2.75, 3.05) is 26.8 Å². The Kier molecular flexibility index (Phi) is 9.98. The summed E-state index contributed by atoms with van der Waals surface area (Å²) in [6.45, 7) is 10.5. The molecule has 0 aliphatic rings. The predicted octanol–water partition coefficient (Wildman–Crippen LogP) is 2.04. The lowest BCUT2D eigenvalue weighted by molar-refractivity contribution is -0.134. The smallest absolute Gasteiger partial charge is 0.224 e. The van der Waals surface area contributed by atoms with Gasteiger partial charge < -0.3 is 15.0 Å². The van der Waals surface area contributed by atoms with Crippen molar-refractivity contribution in [1.82, 2.24) is 10.2 Å². The van der Waals surface area contributed by atoms with Gasteiger partial charge in [0.15, 0.2) is 0 Å². The molecule has 1 N–H and O–H groups in total. The van der Waals surface area contributed by atoms with E-state index in [0.29, 0.717) is 31.7 Å². The Balaban J connectivity index is 4.29. The van der Waals surface area contributed by atoms with Crippen LogP contribution >= 0.6 is 0 Å². The molecule has 0 aromatic rings. The van der Waals surface area contributed by atoms with Gasteiger partial charge in [0.1, 0.15) is 0 Å². The Morgan fingerprint density at radius 3 is 2.33 bits per heavy atom. The second kappa shape index (κ2) is 10.3. The molecule has 0 rings (SSSR count). The minimum Gasteiger partial charge on any atom is -0.383 e. The van der Waals surface area contributed by atoms with Crippen molar-refractivity contribution in [3.63, 3.8) is 0 Å². The van der Waals surface area contributed by atoms with Crippen LogP contribution < -0.4 is 5.32 Å². The standard InChI is InChI=1S/C14H30N2O2/c1-6-13(7-2)16(10-11-18-5)14(17)8-9-15-12(3)4/h12-13,15H,6-11H2,1-5H3. The first-order valence-electron chi connectivity index (χ1n) is 7.08. The average Bonchev–Trinajstić information content (AvgIpc) is 2.33. The zero-order valence-corrected chi connectivity index (χ0v) is 12.7. The second-order valence-electron chi connectivity index (χ2n) is 4.91. The first kappa shape index (κ1) is 17.4. The molecule has 0 unspecified atom stereocenters. The minimum atomic E-state index is 0.230. The molecule has 0 saturated heterocycles. The normalized spacial score (nSPS) is 11.3. The molecule has 0 aliphatic heterocycles. The molecule has 0 atom stereocenters. The number of nitrogens with zero attached hydrogens (tertiary/aromatic N) is 1. The SMILES string of the molecule is CCC(CC)N(CCOC)C(=O)CCNC(C)C. The summed E-state index contributed by atoms with van der Waals surface area (Å²) in [4.78, 5) is 14.2. The number of amides is 1. The van der Waals surface area contributed by atoms with E-state index in [0.717, 1.165) is 19.4 Å². The first-order chi connectivity index (χ1) is 8.56. The maximum atomic E-state index is 12.2. The Hall–Kier alpha value is -0.610. The molecule has 18 heavy (non-hydrogen) atoms. The van der Waals surface area contributed by atoms with Crippen LogP contribution in [0.4, 0.5) is 0 Å².